The maximum Gasteiger partial charge on any atom is 0.330 e. The second-order valence-corrected chi connectivity index (χ2v) is 10.6. The van der Waals surface area contributed by atoms with Crippen LogP contribution in [0.25, 0.3) is 22.0 Å². The summed E-state index contributed by atoms with van der Waals surface area (Å²) in [6.45, 7) is 0. The van der Waals surface area contributed by atoms with Crippen molar-refractivity contribution >= 4 is 22.8 Å². The molecule has 4 aromatic rings. The van der Waals surface area contributed by atoms with Gasteiger partial charge in [0.25, 0.3) is 0 Å². The Morgan fingerprint density at radius 1 is 0.842 bits per heavy atom. The number of amides is 1. The highest BCUT2D eigenvalue weighted by Crippen LogP contribution is 2.40. The lowest BCUT2D eigenvalue weighted by molar-refractivity contribution is -0.142. The van der Waals surface area contributed by atoms with E-state index in [-0.39, 0.29) is 11.9 Å². The van der Waals surface area contributed by atoms with E-state index in [9.17, 15) is 14.7 Å². The maximum absolute atomic E-state index is 13.6. The molecule has 194 valence electrons. The minimum Gasteiger partial charge on any atom is -0.479 e. The van der Waals surface area contributed by atoms with E-state index in [1.165, 1.54) is 30.5 Å². The number of carbonyl (C=O) groups excluding carboxylic acids is 1. The topological polar surface area (TPSA) is 94.2 Å². The number of rotatable bonds is 6. The first-order chi connectivity index (χ1) is 18.6. The number of hydrogen-bond donors (Lipinski definition) is 4. The first kappa shape index (κ1) is 24.4. The van der Waals surface area contributed by atoms with Gasteiger partial charge in [-0.1, -0.05) is 92.1 Å². The van der Waals surface area contributed by atoms with Crippen LogP contribution in [0.5, 0.6) is 0 Å². The highest BCUT2D eigenvalue weighted by atomic mass is 16.4. The fraction of sp³-hybridized carbons (Fsp3) is 0.312. The van der Waals surface area contributed by atoms with Gasteiger partial charge in [-0.3, -0.25) is 10.1 Å². The molecule has 6 rings (SSSR count). The summed E-state index contributed by atoms with van der Waals surface area (Å²) in [4.78, 5) is 29.5. The van der Waals surface area contributed by atoms with E-state index >= 15 is 0 Å². The van der Waals surface area contributed by atoms with Crippen molar-refractivity contribution in [1.29, 1.82) is 0 Å². The average Bonchev–Trinajstić information content (AvgIpc) is 3.35. The highest BCUT2D eigenvalue weighted by Gasteiger charge is 2.38. The molecular weight excluding hydrogens is 474 g/mol. The first-order valence-corrected chi connectivity index (χ1v) is 13.6. The van der Waals surface area contributed by atoms with Crippen molar-refractivity contribution in [2.45, 2.75) is 56.7 Å². The van der Waals surface area contributed by atoms with Crippen LogP contribution in [-0.2, 0) is 16.0 Å². The lowest BCUT2D eigenvalue weighted by Crippen LogP contribution is -2.52. The van der Waals surface area contributed by atoms with Crippen LogP contribution in [0.1, 0.15) is 61.0 Å². The molecule has 0 radical (unpaired) electrons. The van der Waals surface area contributed by atoms with Crippen molar-refractivity contribution in [3.63, 3.8) is 0 Å². The third-order valence-electron chi connectivity index (χ3n) is 8.27. The van der Waals surface area contributed by atoms with Gasteiger partial charge in [0.15, 0.2) is 6.04 Å². The number of hydrogen-bond acceptors (Lipinski definition) is 3. The van der Waals surface area contributed by atoms with Gasteiger partial charge >= 0.3 is 5.97 Å². The number of aromatic nitrogens is 1. The van der Waals surface area contributed by atoms with Crippen LogP contribution in [-0.4, -0.2) is 28.0 Å². The number of nitrogens with one attached hydrogen (secondary N) is 3. The summed E-state index contributed by atoms with van der Waals surface area (Å²) in [5, 5.41) is 17.7. The van der Waals surface area contributed by atoms with Crippen molar-refractivity contribution in [1.82, 2.24) is 15.6 Å². The van der Waals surface area contributed by atoms with Crippen molar-refractivity contribution in [2.75, 3.05) is 0 Å². The van der Waals surface area contributed by atoms with Crippen LogP contribution in [0.3, 0.4) is 0 Å². The molecule has 1 unspecified atom stereocenters. The molecule has 0 saturated heterocycles. The normalized spacial score (nSPS) is 20.5. The third kappa shape index (κ3) is 4.72. The van der Waals surface area contributed by atoms with Crippen LogP contribution in [0.15, 0.2) is 78.9 Å². The summed E-state index contributed by atoms with van der Waals surface area (Å²) in [5.41, 5.74) is 6.06. The predicted octanol–water partition coefficient (Wildman–Crippen LogP) is 5.91. The minimum atomic E-state index is -1.12. The Hall–Kier alpha value is -3.90. The van der Waals surface area contributed by atoms with Crippen LogP contribution in [0.4, 0.5) is 0 Å². The van der Waals surface area contributed by atoms with Crippen LogP contribution >= 0.6 is 0 Å². The zero-order chi connectivity index (χ0) is 26.1. The van der Waals surface area contributed by atoms with E-state index in [0.717, 1.165) is 34.9 Å². The second kappa shape index (κ2) is 10.5. The maximum atomic E-state index is 13.6. The van der Waals surface area contributed by atoms with E-state index in [1.54, 1.807) is 12.1 Å². The second-order valence-electron chi connectivity index (χ2n) is 10.6. The molecule has 0 bridgehead atoms. The molecule has 4 N–H and O–H groups in total. The van der Waals surface area contributed by atoms with E-state index in [2.05, 4.69) is 27.8 Å². The smallest absolute Gasteiger partial charge is 0.330 e. The van der Waals surface area contributed by atoms with Crippen LogP contribution in [0, 0.1) is 5.92 Å². The van der Waals surface area contributed by atoms with Crippen molar-refractivity contribution in [3.05, 3.63) is 95.7 Å². The Labute approximate surface area is 222 Å². The standard InChI is InChI=1S/C32H33N3O3/c36-31(35-29(32(37)38)23-17-15-21(16-18-23)20-9-3-1-4-10-20)27-19-25-24-13-7-8-14-26(24)33-30(25)28(34-27)22-11-5-2-6-12-22/h1,3-4,7-10,13-18,22,27-29,33-34H,2,5-6,11-12,19H2,(H,35,36)(H,37,38)/t27-,28+,29?/m1/s1. The zero-order valence-electron chi connectivity index (χ0n) is 21.3. The first-order valence-electron chi connectivity index (χ1n) is 13.6. The van der Waals surface area contributed by atoms with Gasteiger partial charge in [0.05, 0.1) is 12.1 Å². The van der Waals surface area contributed by atoms with E-state index in [0.29, 0.717) is 17.9 Å². The lowest BCUT2D eigenvalue weighted by Gasteiger charge is -2.37. The molecule has 6 heteroatoms. The van der Waals surface area contributed by atoms with Gasteiger partial charge in [-0.15, -0.1) is 0 Å². The Morgan fingerprint density at radius 3 is 2.26 bits per heavy atom. The number of aromatic amines is 1. The summed E-state index contributed by atoms with van der Waals surface area (Å²) in [6, 6.07) is 24.0. The number of carboxylic acid groups (broad SMARTS) is 1. The Morgan fingerprint density at radius 2 is 1.53 bits per heavy atom. The molecule has 38 heavy (non-hydrogen) atoms. The molecule has 1 amide bonds. The predicted molar refractivity (Wildman–Crippen MR) is 149 cm³/mol. The van der Waals surface area contributed by atoms with Crippen molar-refractivity contribution < 1.29 is 14.7 Å². The number of fused-ring (bicyclic) bond motifs is 3. The van der Waals surface area contributed by atoms with Crippen molar-refractivity contribution in [3.8, 4) is 11.1 Å². The van der Waals surface area contributed by atoms with Crippen molar-refractivity contribution in [2.24, 2.45) is 5.92 Å². The van der Waals surface area contributed by atoms with Gasteiger partial charge in [-0.05, 0) is 53.5 Å². The van der Waals surface area contributed by atoms with Crippen LogP contribution in [0.2, 0.25) is 0 Å². The Balaban J connectivity index is 1.26. The molecule has 2 heterocycles. The molecule has 0 spiro atoms. The summed E-state index contributed by atoms with van der Waals surface area (Å²) in [7, 11) is 0. The van der Waals surface area contributed by atoms with E-state index in [4.69, 9.17) is 0 Å². The molecular formula is C32H33N3O3. The SMILES string of the molecule is O=C(O)C(NC(=O)[C@H]1Cc2c([nH]c3ccccc23)[C@H](C2CCCCC2)N1)c1ccc(-c2ccccc2)cc1. The largest absolute Gasteiger partial charge is 0.479 e. The zero-order valence-corrected chi connectivity index (χ0v) is 21.3. The summed E-state index contributed by atoms with van der Waals surface area (Å²) < 4.78 is 0. The average molecular weight is 508 g/mol. The minimum absolute atomic E-state index is 0.0515. The number of benzene rings is 3. The molecule has 1 fully saturated rings. The van der Waals surface area contributed by atoms with E-state index < -0.39 is 18.1 Å². The third-order valence-corrected chi connectivity index (χ3v) is 8.27. The Bertz CT molecular complexity index is 1440. The highest BCUT2D eigenvalue weighted by molar-refractivity contribution is 5.90. The number of carboxylic acids is 1. The number of para-hydroxylation sites is 1. The monoisotopic (exact) mass is 507 g/mol. The molecule has 3 atom stereocenters. The van der Waals surface area contributed by atoms with Gasteiger partial charge in [0, 0.05) is 16.6 Å². The number of carbonyl (C=O) groups is 2. The quantitative estimate of drug-likeness (QED) is 0.261. The fourth-order valence-electron chi connectivity index (χ4n) is 6.31. The molecule has 1 saturated carbocycles. The molecule has 6 nitrogen and oxygen atoms in total. The molecule has 1 aliphatic carbocycles. The van der Waals surface area contributed by atoms with E-state index in [1.807, 2.05) is 54.6 Å². The molecule has 2 aliphatic rings. The van der Waals surface area contributed by atoms with Gasteiger partial charge < -0.3 is 15.4 Å². The van der Waals surface area contributed by atoms with Gasteiger partial charge in [-0.25, -0.2) is 4.79 Å². The summed E-state index contributed by atoms with van der Waals surface area (Å²) in [5.74, 6) is -0.897. The fourth-order valence-corrected chi connectivity index (χ4v) is 6.31. The number of aliphatic carboxylic acids is 1. The number of H-pyrrole nitrogens is 1. The van der Waals surface area contributed by atoms with Gasteiger partial charge in [0.1, 0.15) is 0 Å². The molecule has 1 aromatic heterocycles. The molecule has 3 aromatic carbocycles. The van der Waals surface area contributed by atoms with Gasteiger partial charge in [-0.2, -0.15) is 0 Å². The summed E-state index contributed by atoms with van der Waals surface area (Å²) >= 11 is 0. The van der Waals surface area contributed by atoms with Crippen LogP contribution < -0.4 is 10.6 Å². The lowest BCUT2D eigenvalue weighted by atomic mass is 9.79. The summed E-state index contributed by atoms with van der Waals surface area (Å²) in [6.07, 6.45) is 6.45. The van der Waals surface area contributed by atoms with Gasteiger partial charge in [0.2, 0.25) is 5.91 Å². The Kier molecular flexibility index (Phi) is 6.73. The molecule has 1 aliphatic heterocycles.